The van der Waals surface area contributed by atoms with Crippen molar-refractivity contribution < 1.29 is 37.3 Å². The molecule has 0 aromatic carbocycles. The van der Waals surface area contributed by atoms with Crippen LogP contribution in [0.2, 0.25) is 0 Å². The van der Waals surface area contributed by atoms with E-state index in [1.807, 2.05) is 39.4 Å². The first-order valence-corrected chi connectivity index (χ1v) is 35.2. The molecule has 0 saturated heterocycles. The molecule has 0 heterocycles. The van der Waals surface area contributed by atoms with E-state index in [1.165, 1.54) is 161 Å². The van der Waals surface area contributed by atoms with Gasteiger partial charge in [0.05, 0.1) is 33.8 Å². The van der Waals surface area contributed by atoms with Gasteiger partial charge in [-0.25, -0.2) is 4.57 Å². The zero-order valence-corrected chi connectivity index (χ0v) is 54.8. The van der Waals surface area contributed by atoms with Crippen molar-refractivity contribution in [3.63, 3.8) is 0 Å². The maximum Gasteiger partial charge on any atom is 0.472 e. The molecule has 0 aliphatic rings. The Morgan fingerprint density at radius 1 is 0.439 bits per heavy atom. The van der Waals surface area contributed by atoms with Gasteiger partial charge >= 0.3 is 13.8 Å². The summed E-state index contributed by atoms with van der Waals surface area (Å²) in [6.45, 7) is 6.82. The number of likely N-dealkylation sites (N-methyl/N-ethyl adjacent to an activating group) is 1. The number of allylic oxidation sites excluding steroid dienone is 17. The number of phosphoric ester groups is 1. The molecule has 0 aromatic rings. The third-order valence-electron chi connectivity index (χ3n) is 14.5. The van der Waals surface area contributed by atoms with Gasteiger partial charge in [0.2, 0.25) is 5.91 Å². The molecule has 82 heavy (non-hydrogen) atoms. The van der Waals surface area contributed by atoms with Gasteiger partial charge in [-0.3, -0.25) is 18.6 Å². The number of esters is 1. The number of carbonyl (C=O) groups excluding carboxylic acids is 2. The Labute approximate surface area is 506 Å². The predicted octanol–water partition coefficient (Wildman–Crippen LogP) is 21.3. The standard InChI is InChI=1S/C72H127N2O7P/c1-7-10-13-16-19-22-25-28-30-32-33-34-35-36-37-38-39-40-41-42-44-47-50-53-56-59-62-65-72(76)81-70(63-60-57-54-51-48-45-27-24-21-18-15-12-9-3)69(68-80-82(77,78)79-67-66-74(4,5)6)73-71(75)64-61-58-55-52-49-46-43-31-29-26-23-20-17-14-11-8-2/h11,14,19-20,22-23,28-31,33-34,46,49,55,58,60,63,69-70H,7-10,12-13,15-18,21,24-27,32,35-45,47-48,50-54,56-57,59,61-62,64-68H2,1-6H3,(H-,73,75,77,78)/p+1/b14-11+,22-19-,23-20+,30-28-,31-29+,34-33-,49-46+,58-55+,63-60-. The van der Waals surface area contributed by atoms with E-state index in [2.05, 4.69) is 117 Å². The summed E-state index contributed by atoms with van der Waals surface area (Å²) in [6.07, 6.45) is 84.1. The normalized spacial score (nSPS) is 14.3. The average Bonchev–Trinajstić information content (AvgIpc) is 3.45. The summed E-state index contributed by atoms with van der Waals surface area (Å²) in [6, 6.07) is -0.894. The maximum atomic E-state index is 13.5. The molecule has 0 spiro atoms. The van der Waals surface area contributed by atoms with E-state index in [-0.39, 0.29) is 37.9 Å². The Balaban J connectivity index is 5.16. The van der Waals surface area contributed by atoms with Crippen molar-refractivity contribution in [3.8, 4) is 0 Å². The lowest BCUT2D eigenvalue weighted by Crippen LogP contribution is -2.47. The van der Waals surface area contributed by atoms with Crippen molar-refractivity contribution in [2.24, 2.45) is 0 Å². The van der Waals surface area contributed by atoms with Crippen molar-refractivity contribution in [3.05, 3.63) is 109 Å². The van der Waals surface area contributed by atoms with E-state index in [0.29, 0.717) is 17.4 Å². The average molecular weight is 1160 g/mol. The fourth-order valence-corrected chi connectivity index (χ4v) is 10.0. The summed E-state index contributed by atoms with van der Waals surface area (Å²) in [4.78, 5) is 37.8. The van der Waals surface area contributed by atoms with Crippen LogP contribution in [0.1, 0.15) is 284 Å². The monoisotopic (exact) mass is 1160 g/mol. The fraction of sp³-hybridized carbons (Fsp3) is 0.722. The lowest BCUT2D eigenvalue weighted by atomic mass is 10.0. The van der Waals surface area contributed by atoms with E-state index in [4.69, 9.17) is 13.8 Å². The molecule has 3 unspecified atom stereocenters. The van der Waals surface area contributed by atoms with Crippen LogP contribution in [0.5, 0.6) is 0 Å². The molecule has 0 bridgehead atoms. The van der Waals surface area contributed by atoms with Crippen LogP contribution in [0, 0.1) is 0 Å². The summed E-state index contributed by atoms with van der Waals surface area (Å²) < 4.78 is 30.7. The Hall–Kier alpha value is -3.33. The predicted molar refractivity (Wildman–Crippen MR) is 355 cm³/mol. The Morgan fingerprint density at radius 2 is 0.793 bits per heavy atom. The highest BCUT2D eigenvalue weighted by atomic mass is 31.2. The number of unbranched alkanes of at least 4 members (excludes halogenated alkanes) is 28. The van der Waals surface area contributed by atoms with E-state index in [1.54, 1.807) is 0 Å². The second kappa shape index (κ2) is 60.8. The highest BCUT2D eigenvalue weighted by Crippen LogP contribution is 2.43. The molecule has 0 rings (SSSR count). The van der Waals surface area contributed by atoms with Gasteiger partial charge < -0.3 is 19.4 Å². The number of amides is 1. The van der Waals surface area contributed by atoms with E-state index in [0.717, 1.165) is 83.5 Å². The van der Waals surface area contributed by atoms with E-state index >= 15 is 0 Å². The minimum Gasteiger partial charge on any atom is -0.456 e. The first-order valence-electron chi connectivity index (χ1n) is 33.7. The van der Waals surface area contributed by atoms with Gasteiger partial charge in [-0.2, -0.15) is 0 Å². The smallest absolute Gasteiger partial charge is 0.456 e. The van der Waals surface area contributed by atoms with Crippen LogP contribution in [0.3, 0.4) is 0 Å². The quantitative estimate of drug-likeness (QED) is 0.0205. The molecule has 0 fully saturated rings. The Kier molecular flexibility index (Phi) is 58.3. The number of nitrogens with zero attached hydrogens (tertiary/aromatic N) is 1. The number of hydrogen-bond donors (Lipinski definition) is 2. The molecular formula is C72H128N2O7P+. The van der Waals surface area contributed by atoms with Crippen LogP contribution < -0.4 is 5.32 Å². The number of ether oxygens (including phenoxy) is 1. The van der Waals surface area contributed by atoms with Crippen molar-refractivity contribution in [1.82, 2.24) is 5.32 Å². The first kappa shape index (κ1) is 78.7. The third-order valence-corrected chi connectivity index (χ3v) is 15.4. The molecule has 9 nitrogen and oxygen atoms in total. The van der Waals surface area contributed by atoms with Crippen LogP contribution in [-0.2, 0) is 27.9 Å². The fourth-order valence-electron chi connectivity index (χ4n) is 9.29. The molecule has 1 amide bonds. The number of carbonyl (C=O) groups is 2. The van der Waals surface area contributed by atoms with Crippen molar-refractivity contribution in [1.29, 1.82) is 0 Å². The molecule has 0 saturated carbocycles. The number of rotatable bonds is 60. The molecular weight excluding hydrogens is 1040 g/mol. The number of phosphoric acid groups is 1. The summed E-state index contributed by atoms with van der Waals surface area (Å²) in [5.41, 5.74) is 0. The number of hydrogen-bond acceptors (Lipinski definition) is 6. The van der Waals surface area contributed by atoms with Gasteiger partial charge in [-0.1, -0.05) is 278 Å². The van der Waals surface area contributed by atoms with Gasteiger partial charge in [0, 0.05) is 12.8 Å². The third kappa shape index (κ3) is 61.2. The van der Waals surface area contributed by atoms with Crippen LogP contribution in [0.25, 0.3) is 0 Å². The summed E-state index contributed by atoms with van der Waals surface area (Å²) in [7, 11) is 1.44. The second-order valence-corrected chi connectivity index (χ2v) is 25.1. The van der Waals surface area contributed by atoms with Crippen molar-refractivity contribution in [2.45, 2.75) is 296 Å². The van der Waals surface area contributed by atoms with E-state index in [9.17, 15) is 19.0 Å². The first-order chi connectivity index (χ1) is 39.9. The van der Waals surface area contributed by atoms with Crippen LogP contribution in [0.4, 0.5) is 0 Å². The molecule has 0 radical (unpaired) electrons. The van der Waals surface area contributed by atoms with Crippen LogP contribution in [0.15, 0.2) is 109 Å². The van der Waals surface area contributed by atoms with E-state index < -0.39 is 20.0 Å². The maximum absolute atomic E-state index is 13.5. The van der Waals surface area contributed by atoms with Gasteiger partial charge in [-0.05, 0) is 102 Å². The minimum absolute atomic E-state index is 0.0227. The largest absolute Gasteiger partial charge is 0.472 e. The van der Waals surface area contributed by atoms with Crippen LogP contribution >= 0.6 is 7.82 Å². The van der Waals surface area contributed by atoms with Crippen LogP contribution in [-0.4, -0.2) is 74.3 Å². The molecule has 3 atom stereocenters. The van der Waals surface area contributed by atoms with Crippen molar-refractivity contribution in [2.75, 3.05) is 40.9 Å². The SMILES string of the molecule is CC/C=C/C/C=C/C/C=C/C/C=C/C/C=C/CCC(=O)NC(COP(=O)(O)OCC[N+](C)(C)C)C(/C=C\CCCCCCCCCCCCC)OC(=O)CCCCCCCCCCCCCCCC/C=C\C/C=C\C/C=C\CCCCC. The lowest BCUT2D eigenvalue weighted by molar-refractivity contribution is -0.870. The molecule has 0 aromatic heterocycles. The summed E-state index contributed by atoms with van der Waals surface area (Å²) >= 11 is 0. The van der Waals surface area contributed by atoms with Gasteiger partial charge in [0.15, 0.2) is 0 Å². The number of nitrogens with one attached hydrogen (secondary N) is 1. The molecule has 0 aliphatic heterocycles. The van der Waals surface area contributed by atoms with Gasteiger partial charge in [0.25, 0.3) is 0 Å². The Bertz CT molecular complexity index is 1770. The summed E-state index contributed by atoms with van der Waals surface area (Å²) in [5.74, 6) is -0.602. The Morgan fingerprint density at radius 3 is 1.22 bits per heavy atom. The molecule has 472 valence electrons. The van der Waals surface area contributed by atoms with Gasteiger partial charge in [-0.15, -0.1) is 0 Å². The second-order valence-electron chi connectivity index (χ2n) is 23.6. The topological polar surface area (TPSA) is 111 Å². The van der Waals surface area contributed by atoms with Gasteiger partial charge in [0.1, 0.15) is 19.3 Å². The van der Waals surface area contributed by atoms with Crippen molar-refractivity contribution >= 4 is 19.7 Å². The minimum atomic E-state index is -4.48. The molecule has 10 heteroatoms. The molecule has 0 aliphatic carbocycles. The summed E-state index contributed by atoms with van der Waals surface area (Å²) in [5, 5.41) is 3.01. The zero-order valence-electron chi connectivity index (χ0n) is 54.0. The lowest BCUT2D eigenvalue weighted by Gasteiger charge is -2.27. The molecule has 2 N–H and O–H groups in total. The number of quaternary nitrogens is 1. The highest BCUT2D eigenvalue weighted by molar-refractivity contribution is 7.47. The highest BCUT2D eigenvalue weighted by Gasteiger charge is 2.30. The zero-order chi connectivity index (χ0) is 60.0.